The van der Waals surface area contributed by atoms with Crippen LogP contribution in [0.15, 0.2) is 65.5 Å². The predicted octanol–water partition coefficient (Wildman–Crippen LogP) is 3.95. The van der Waals surface area contributed by atoms with Gasteiger partial charge in [0, 0.05) is 12.1 Å². The van der Waals surface area contributed by atoms with Crippen molar-refractivity contribution in [3.8, 4) is 0 Å². The molecule has 1 amide bonds. The van der Waals surface area contributed by atoms with Crippen LogP contribution in [0.25, 0.3) is 0 Å². The average Bonchev–Trinajstić information content (AvgIpc) is 2.78. The normalized spacial score (nSPS) is 14.5. The average molecular weight is 447 g/mol. The lowest BCUT2D eigenvalue weighted by Crippen LogP contribution is -2.43. The van der Waals surface area contributed by atoms with Gasteiger partial charge in [0.05, 0.1) is 18.3 Å². The second-order valence-electron chi connectivity index (χ2n) is 9.34. The second kappa shape index (κ2) is 9.10. The standard InChI is InChI=1S/C26H30N4O3/c1-26(2,3)33-25(32)29-15-14-20-21(17-29)28-24(27)30(23(20)31)22(19-12-8-5-9-13-19)16-18-10-6-4-7-11-18/h4-13,22H,14-17H2,1-3H3,(H2,27,28). The van der Waals surface area contributed by atoms with E-state index < -0.39 is 11.7 Å². The van der Waals surface area contributed by atoms with E-state index in [2.05, 4.69) is 4.98 Å². The van der Waals surface area contributed by atoms with Crippen molar-refractivity contribution in [3.63, 3.8) is 0 Å². The number of nitrogen functional groups attached to an aromatic ring is 1. The first kappa shape index (κ1) is 22.6. The number of anilines is 1. The maximum absolute atomic E-state index is 13.7. The predicted molar refractivity (Wildman–Crippen MR) is 128 cm³/mol. The van der Waals surface area contributed by atoms with Crippen molar-refractivity contribution < 1.29 is 9.53 Å². The van der Waals surface area contributed by atoms with E-state index in [9.17, 15) is 9.59 Å². The van der Waals surface area contributed by atoms with Crippen LogP contribution in [0.3, 0.4) is 0 Å². The summed E-state index contributed by atoms with van der Waals surface area (Å²) in [5.74, 6) is 0.148. The summed E-state index contributed by atoms with van der Waals surface area (Å²) in [7, 11) is 0. The second-order valence-corrected chi connectivity index (χ2v) is 9.34. The Morgan fingerprint density at radius 1 is 1.09 bits per heavy atom. The van der Waals surface area contributed by atoms with E-state index in [4.69, 9.17) is 10.5 Å². The molecule has 172 valence electrons. The van der Waals surface area contributed by atoms with Gasteiger partial charge in [-0.15, -0.1) is 0 Å². The number of aromatic nitrogens is 2. The van der Waals surface area contributed by atoms with Crippen molar-refractivity contribution in [3.05, 3.63) is 93.4 Å². The fourth-order valence-electron chi connectivity index (χ4n) is 4.18. The molecule has 1 aromatic heterocycles. The molecule has 2 aromatic carbocycles. The van der Waals surface area contributed by atoms with E-state index in [1.165, 1.54) is 0 Å². The molecule has 1 aliphatic heterocycles. The third-order valence-corrected chi connectivity index (χ3v) is 5.71. The molecule has 0 saturated heterocycles. The molecule has 0 saturated carbocycles. The smallest absolute Gasteiger partial charge is 0.410 e. The molecule has 1 aliphatic rings. The number of hydrogen-bond donors (Lipinski definition) is 1. The quantitative estimate of drug-likeness (QED) is 0.655. The van der Waals surface area contributed by atoms with Crippen molar-refractivity contribution in [2.24, 2.45) is 0 Å². The molecule has 1 atom stereocenters. The van der Waals surface area contributed by atoms with Crippen LogP contribution in [0.2, 0.25) is 0 Å². The Kier molecular flexibility index (Phi) is 6.22. The number of benzene rings is 2. The van der Waals surface area contributed by atoms with Gasteiger partial charge in [0.25, 0.3) is 5.56 Å². The highest BCUT2D eigenvalue weighted by molar-refractivity contribution is 5.68. The fourth-order valence-corrected chi connectivity index (χ4v) is 4.18. The van der Waals surface area contributed by atoms with Crippen LogP contribution in [0, 0.1) is 0 Å². The minimum atomic E-state index is -0.590. The molecule has 0 bridgehead atoms. The Morgan fingerprint density at radius 3 is 2.36 bits per heavy atom. The zero-order valence-corrected chi connectivity index (χ0v) is 19.3. The number of fused-ring (bicyclic) bond motifs is 1. The van der Waals surface area contributed by atoms with Crippen molar-refractivity contribution in [1.82, 2.24) is 14.5 Å². The van der Waals surface area contributed by atoms with Crippen molar-refractivity contribution >= 4 is 12.0 Å². The van der Waals surface area contributed by atoms with E-state index in [1.807, 2.05) is 81.4 Å². The number of carbonyl (C=O) groups is 1. The van der Waals surface area contributed by atoms with Crippen molar-refractivity contribution in [2.75, 3.05) is 12.3 Å². The van der Waals surface area contributed by atoms with Crippen LogP contribution >= 0.6 is 0 Å². The third-order valence-electron chi connectivity index (χ3n) is 5.71. The fraction of sp³-hybridized carbons (Fsp3) is 0.346. The van der Waals surface area contributed by atoms with Crippen LogP contribution in [-0.2, 0) is 24.1 Å². The van der Waals surface area contributed by atoms with E-state index in [0.717, 1.165) is 11.1 Å². The molecule has 0 radical (unpaired) electrons. The summed E-state index contributed by atoms with van der Waals surface area (Å²) in [6.45, 7) is 6.09. The first-order valence-electron chi connectivity index (χ1n) is 11.2. The number of hydrogen-bond acceptors (Lipinski definition) is 5. The Bertz CT molecular complexity index is 1180. The highest BCUT2D eigenvalue weighted by Gasteiger charge is 2.30. The van der Waals surface area contributed by atoms with Crippen molar-refractivity contribution in [2.45, 2.75) is 51.8 Å². The Balaban J connectivity index is 1.71. The molecule has 7 heteroatoms. The van der Waals surface area contributed by atoms with Gasteiger partial charge in [-0.25, -0.2) is 9.78 Å². The number of nitrogens with two attached hydrogens (primary N) is 1. The first-order chi connectivity index (χ1) is 15.7. The van der Waals surface area contributed by atoms with E-state index >= 15 is 0 Å². The first-order valence-corrected chi connectivity index (χ1v) is 11.2. The van der Waals surface area contributed by atoms with Gasteiger partial charge in [-0.05, 0) is 44.7 Å². The molecule has 0 fully saturated rings. The molecule has 3 aromatic rings. The largest absolute Gasteiger partial charge is 0.444 e. The Morgan fingerprint density at radius 2 is 1.73 bits per heavy atom. The zero-order valence-electron chi connectivity index (χ0n) is 19.3. The van der Waals surface area contributed by atoms with Gasteiger partial charge in [-0.2, -0.15) is 0 Å². The number of carbonyl (C=O) groups excluding carboxylic acids is 1. The molecule has 33 heavy (non-hydrogen) atoms. The molecular formula is C26H30N4O3. The van der Waals surface area contributed by atoms with E-state index in [-0.39, 0.29) is 24.1 Å². The molecule has 1 unspecified atom stereocenters. The maximum atomic E-state index is 13.7. The molecule has 0 aliphatic carbocycles. The summed E-state index contributed by atoms with van der Waals surface area (Å²) in [5.41, 5.74) is 8.88. The minimum absolute atomic E-state index is 0.147. The van der Waals surface area contributed by atoms with Gasteiger partial charge in [-0.1, -0.05) is 60.7 Å². The summed E-state index contributed by atoms with van der Waals surface area (Å²) >= 11 is 0. The minimum Gasteiger partial charge on any atom is -0.444 e. The molecule has 0 spiro atoms. The Labute approximate surface area is 193 Å². The SMILES string of the molecule is CC(C)(C)OC(=O)N1CCc2c(nc(N)n(C(Cc3ccccc3)c3ccccc3)c2=O)C1. The van der Waals surface area contributed by atoms with Gasteiger partial charge < -0.3 is 15.4 Å². The highest BCUT2D eigenvalue weighted by Crippen LogP contribution is 2.26. The van der Waals surface area contributed by atoms with Crippen LogP contribution in [0.5, 0.6) is 0 Å². The number of ether oxygens (including phenoxy) is 1. The summed E-state index contributed by atoms with van der Waals surface area (Å²) in [4.78, 5) is 32.3. The lowest BCUT2D eigenvalue weighted by molar-refractivity contribution is 0.0220. The summed E-state index contributed by atoms with van der Waals surface area (Å²) in [6, 6.07) is 19.6. The number of amides is 1. The molecule has 2 heterocycles. The lowest BCUT2D eigenvalue weighted by Gasteiger charge is -2.31. The molecule has 4 rings (SSSR count). The van der Waals surface area contributed by atoms with Crippen molar-refractivity contribution in [1.29, 1.82) is 0 Å². The maximum Gasteiger partial charge on any atom is 0.410 e. The molecular weight excluding hydrogens is 416 g/mol. The van der Waals surface area contributed by atoms with Gasteiger partial charge in [-0.3, -0.25) is 9.36 Å². The molecule has 7 nitrogen and oxygen atoms in total. The van der Waals surface area contributed by atoms with Gasteiger partial charge in [0.15, 0.2) is 0 Å². The third kappa shape index (κ3) is 5.08. The van der Waals surface area contributed by atoms with Gasteiger partial charge >= 0.3 is 6.09 Å². The summed E-state index contributed by atoms with van der Waals surface area (Å²) < 4.78 is 7.08. The van der Waals surface area contributed by atoms with Crippen LogP contribution in [-0.4, -0.2) is 32.7 Å². The lowest BCUT2D eigenvalue weighted by atomic mass is 9.98. The van der Waals surface area contributed by atoms with Gasteiger partial charge in [0.1, 0.15) is 5.60 Å². The summed E-state index contributed by atoms with van der Waals surface area (Å²) in [5, 5.41) is 0. The van der Waals surface area contributed by atoms with Crippen LogP contribution < -0.4 is 11.3 Å². The highest BCUT2D eigenvalue weighted by atomic mass is 16.6. The van der Waals surface area contributed by atoms with Gasteiger partial charge in [0.2, 0.25) is 5.95 Å². The summed E-state index contributed by atoms with van der Waals surface area (Å²) in [6.07, 6.45) is 0.608. The van der Waals surface area contributed by atoms with Crippen LogP contribution in [0.1, 0.15) is 49.2 Å². The van der Waals surface area contributed by atoms with E-state index in [1.54, 1.807) is 9.47 Å². The monoisotopic (exact) mass is 446 g/mol. The topological polar surface area (TPSA) is 90.4 Å². The van der Waals surface area contributed by atoms with Crippen LogP contribution in [0.4, 0.5) is 10.7 Å². The number of rotatable bonds is 4. The molecule has 2 N–H and O–H groups in total. The number of nitrogens with zero attached hydrogens (tertiary/aromatic N) is 3. The Hall–Kier alpha value is -3.61. The zero-order chi connectivity index (χ0) is 23.6. The van der Waals surface area contributed by atoms with E-state index in [0.29, 0.717) is 30.6 Å².